The average molecular weight is 370 g/mol. The van der Waals surface area contributed by atoms with E-state index >= 15 is 0 Å². The summed E-state index contributed by atoms with van der Waals surface area (Å²) in [6.07, 6.45) is 6.04. The second kappa shape index (κ2) is 8.57. The van der Waals surface area contributed by atoms with E-state index in [-0.39, 0.29) is 5.91 Å². The number of hydrogen-bond acceptors (Lipinski definition) is 4. The summed E-state index contributed by atoms with van der Waals surface area (Å²) in [6, 6.07) is 7.86. The number of nitrogens with zero attached hydrogens (tertiary/aromatic N) is 5. The topological polar surface area (TPSA) is 44.6 Å². The summed E-state index contributed by atoms with van der Waals surface area (Å²) >= 11 is 0. The van der Waals surface area contributed by atoms with Crippen LogP contribution >= 0.6 is 0 Å². The number of benzene rings is 1. The van der Waals surface area contributed by atoms with Crippen molar-refractivity contribution < 1.29 is 4.79 Å². The second-order valence-electron chi connectivity index (χ2n) is 7.81. The van der Waals surface area contributed by atoms with Crippen LogP contribution in [0.3, 0.4) is 0 Å². The zero-order valence-corrected chi connectivity index (χ0v) is 16.9. The first-order chi connectivity index (χ1) is 13.0. The van der Waals surface area contributed by atoms with Crippen LogP contribution in [-0.4, -0.2) is 73.1 Å². The zero-order valence-electron chi connectivity index (χ0n) is 16.9. The summed E-state index contributed by atoms with van der Waals surface area (Å²) in [6.45, 7) is 3.48. The molecule has 6 nitrogen and oxygen atoms in total. The number of likely N-dealkylation sites (tertiary alicyclic amines) is 1. The largest absolute Gasteiger partial charge is 0.378 e. The lowest BCUT2D eigenvalue weighted by molar-refractivity contribution is 0.0703. The van der Waals surface area contributed by atoms with Crippen LogP contribution in [0.5, 0.6) is 0 Å². The Morgan fingerprint density at radius 3 is 2.59 bits per heavy atom. The van der Waals surface area contributed by atoms with Crippen molar-refractivity contribution in [2.75, 3.05) is 52.7 Å². The van der Waals surface area contributed by atoms with E-state index in [0.717, 1.165) is 56.1 Å². The van der Waals surface area contributed by atoms with Gasteiger partial charge in [0, 0.05) is 69.8 Å². The summed E-state index contributed by atoms with van der Waals surface area (Å²) in [5, 5.41) is 0. The molecule has 1 unspecified atom stereocenters. The number of likely N-dealkylation sites (N-methyl/N-ethyl adjacent to an activating group) is 1. The van der Waals surface area contributed by atoms with Crippen LogP contribution in [0.15, 0.2) is 36.7 Å². The van der Waals surface area contributed by atoms with Crippen molar-refractivity contribution in [2.45, 2.75) is 25.3 Å². The number of rotatable bonds is 6. The van der Waals surface area contributed by atoms with Crippen molar-refractivity contribution in [3.63, 3.8) is 0 Å². The first-order valence-electron chi connectivity index (χ1n) is 9.68. The van der Waals surface area contributed by atoms with Crippen LogP contribution in [0.4, 0.5) is 5.69 Å². The number of aromatic nitrogens is 2. The molecule has 27 heavy (non-hydrogen) atoms. The highest BCUT2D eigenvalue weighted by molar-refractivity contribution is 5.94. The van der Waals surface area contributed by atoms with E-state index in [4.69, 9.17) is 0 Å². The molecule has 0 spiro atoms. The van der Waals surface area contributed by atoms with Gasteiger partial charge in [-0.15, -0.1) is 0 Å². The molecule has 2 aromatic rings. The van der Waals surface area contributed by atoms with Gasteiger partial charge in [0.1, 0.15) is 5.82 Å². The van der Waals surface area contributed by atoms with Gasteiger partial charge in [0.25, 0.3) is 5.91 Å². The summed E-state index contributed by atoms with van der Waals surface area (Å²) in [5.41, 5.74) is 1.86. The lowest BCUT2D eigenvalue weighted by Crippen LogP contribution is -2.40. The van der Waals surface area contributed by atoms with Gasteiger partial charge < -0.3 is 19.3 Å². The Morgan fingerprint density at radius 2 is 1.93 bits per heavy atom. The molecular formula is C21H31N5O. The fourth-order valence-corrected chi connectivity index (χ4v) is 3.63. The van der Waals surface area contributed by atoms with E-state index in [9.17, 15) is 4.79 Å². The molecule has 2 heterocycles. The quantitative estimate of drug-likeness (QED) is 0.785. The maximum absolute atomic E-state index is 13.0. The van der Waals surface area contributed by atoms with Crippen molar-refractivity contribution >= 4 is 11.6 Å². The third-order valence-electron chi connectivity index (χ3n) is 5.24. The second-order valence-corrected chi connectivity index (χ2v) is 7.81. The van der Waals surface area contributed by atoms with Gasteiger partial charge in [-0.2, -0.15) is 0 Å². The van der Waals surface area contributed by atoms with E-state index in [1.165, 1.54) is 0 Å². The Morgan fingerprint density at radius 1 is 1.19 bits per heavy atom. The highest BCUT2D eigenvalue weighted by Crippen LogP contribution is 2.27. The van der Waals surface area contributed by atoms with Gasteiger partial charge in [-0.05, 0) is 51.2 Å². The molecule has 1 atom stereocenters. The van der Waals surface area contributed by atoms with Gasteiger partial charge in [0.15, 0.2) is 0 Å². The molecule has 1 aromatic carbocycles. The van der Waals surface area contributed by atoms with Gasteiger partial charge in [0.05, 0.1) is 0 Å². The average Bonchev–Trinajstić information content (AvgIpc) is 3.14. The Balaban J connectivity index is 1.69. The van der Waals surface area contributed by atoms with Gasteiger partial charge in [-0.25, -0.2) is 4.98 Å². The van der Waals surface area contributed by atoms with Gasteiger partial charge in [-0.3, -0.25) is 4.79 Å². The van der Waals surface area contributed by atoms with E-state index in [1.54, 1.807) is 0 Å². The summed E-state index contributed by atoms with van der Waals surface area (Å²) in [4.78, 5) is 23.8. The van der Waals surface area contributed by atoms with Crippen molar-refractivity contribution in [3.05, 3.63) is 48.0 Å². The molecule has 1 aromatic heterocycles. The van der Waals surface area contributed by atoms with Crippen molar-refractivity contribution in [1.82, 2.24) is 19.4 Å². The molecule has 0 radical (unpaired) electrons. The van der Waals surface area contributed by atoms with E-state index in [1.807, 2.05) is 54.4 Å². The number of carbonyl (C=O) groups is 1. The summed E-state index contributed by atoms with van der Waals surface area (Å²) in [7, 11) is 8.17. The lowest BCUT2D eigenvalue weighted by atomic mass is 9.96. The lowest BCUT2D eigenvalue weighted by Gasteiger charge is -2.33. The van der Waals surface area contributed by atoms with Gasteiger partial charge >= 0.3 is 0 Å². The van der Waals surface area contributed by atoms with E-state index in [0.29, 0.717) is 5.92 Å². The molecule has 0 saturated carbocycles. The highest BCUT2D eigenvalue weighted by Gasteiger charge is 2.28. The molecule has 3 rings (SSSR count). The van der Waals surface area contributed by atoms with Crippen LogP contribution in [0.25, 0.3) is 0 Å². The van der Waals surface area contributed by atoms with Crippen LogP contribution in [-0.2, 0) is 6.54 Å². The molecule has 1 amide bonds. The maximum Gasteiger partial charge on any atom is 0.253 e. The molecule has 1 fully saturated rings. The van der Waals surface area contributed by atoms with Crippen LogP contribution in [0.1, 0.15) is 34.9 Å². The standard InChI is InChI=1S/C21H31N5O/c1-23(2)14-15-25-13-11-22-20(25)18-6-5-12-26(16-18)21(27)17-7-9-19(10-8-17)24(3)4/h7-11,13,18H,5-6,12,14-16H2,1-4H3. The third-order valence-corrected chi connectivity index (χ3v) is 5.24. The fraction of sp³-hybridized carbons (Fsp3) is 0.524. The Hall–Kier alpha value is -2.34. The number of carbonyl (C=O) groups excluding carboxylic acids is 1. The summed E-state index contributed by atoms with van der Waals surface area (Å²) in [5.74, 6) is 1.54. The van der Waals surface area contributed by atoms with E-state index in [2.05, 4.69) is 34.7 Å². The highest BCUT2D eigenvalue weighted by atomic mass is 16.2. The van der Waals surface area contributed by atoms with Crippen molar-refractivity contribution in [3.8, 4) is 0 Å². The zero-order chi connectivity index (χ0) is 19.4. The SMILES string of the molecule is CN(C)CCn1ccnc1C1CCCN(C(=O)c2ccc(N(C)C)cc2)C1. The van der Waals surface area contributed by atoms with Crippen molar-refractivity contribution in [1.29, 1.82) is 0 Å². The minimum absolute atomic E-state index is 0.122. The monoisotopic (exact) mass is 369 g/mol. The minimum atomic E-state index is 0.122. The molecule has 1 aliphatic heterocycles. The predicted octanol–water partition coefficient (Wildman–Crippen LogP) is 2.53. The molecule has 6 heteroatoms. The minimum Gasteiger partial charge on any atom is -0.378 e. The van der Waals surface area contributed by atoms with Crippen LogP contribution < -0.4 is 4.90 Å². The number of amides is 1. The Kier molecular flexibility index (Phi) is 6.16. The first kappa shape index (κ1) is 19.4. The normalized spacial score (nSPS) is 17.4. The number of imidazole rings is 1. The van der Waals surface area contributed by atoms with E-state index < -0.39 is 0 Å². The molecule has 0 aliphatic carbocycles. The molecular weight excluding hydrogens is 338 g/mol. The smallest absolute Gasteiger partial charge is 0.253 e. The first-order valence-corrected chi connectivity index (χ1v) is 9.68. The molecule has 146 valence electrons. The maximum atomic E-state index is 13.0. The predicted molar refractivity (Wildman–Crippen MR) is 109 cm³/mol. The number of hydrogen-bond donors (Lipinski definition) is 0. The molecule has 1 aliphatic rings. The van der Waals surface area contributed by atoms with Gasteiger partial charge in [0.2, 0.25) is 0 Å². The van der Waals surface area contributed by atoms with Crippen molar-refractivity contribution in [2.24, 2.45) is 0 Å². The van der Waals surface area contributed by atoms with Crippen LogP contribution in [0.2, 0.25) is 0 Å². The Labute approximate surface area is 162 Å². The number of piperidine rings is 1. The summed E-state index contributed by atoms with van der Waals surface area (Å²) < 4.78 is 2.24. The molecule has 0 N–H and O–H groups in total. The van der Waals surface area contributed by atoms with Gasteiger partial charge in [-0.1, -0.05) is 0 Å². The van der Waals surface area contributed by atoms with Crippen LogP contribution in [0, 0.1) is 0 Å². The third kappa shape index (κ3) is 4.69. The molecule has 0 bridgehead atoms. The number of anilines is 1. The Bertz CT molecular complexity index is 750. The molecule has 1 saturated heterocycles. The fourth-order valence-electron chi connectivity index (χ4n) is 3.63.